The molecule has 2 aromatic rings. The molecule has 0 fully saturated rings. The quantitative estimate of drug-likeness (QED) is 0.425. The number of benzene rings is 1. The third-order valence-electron chi connectivity index (χ3n) is 1.95. The number of hydrogen-bond donors (Lipinski definition) is 0. The molecule has 0 saturated carbocycles. The first kappa shape index (κ1) is 12.8. The van der Waals surface area contributed by atoms with Crippen LogP contribution in [0.1, 0.15) is 0 Å². The van der Waals surface area contributed by atoms with E-state index in [2.05, 4.69) is 9.97 Å². The summed E-state index contributed by atoms with van der Waals surface area (Å²) in [6.07, 6.45) is 0. The lowest BCUT2D eigenvalue weighted by molar-refractivity contribution is 0.628. The van der Waals surface area contributed by atoms with Gasteiger partial charge in [0.2, 0.25) is 5.28 Å². The maximum Gasteiger partial charge on any atom is 0.224 e. The zero-order valence-corrected chi connectivity index (χ0v) is 11.0. The Morgan fingerprint density at radius 1 is 0.882 bits per heavy atom. The molecule has 0 radical (unpaired) electrons. The van der Waals surface area contributed by atoms with Gasteiger partial charge in [0.15, 0.2) is 0 Å². The molecule has 1 aromatic carbocycles. The summed E-state index contributed by atoms with van der Waals surface area (Å²) in [6, 6.07) is 3.89. The Kier molecular flexibility index (Phi) is 3.73. The Morgan fingerprint density at radius 2 is 1.59 bits per heavy atom. The Morgan fingerprint density at radius 3 is 2.24 bits per heavy atom. The monoisotopic (exact) mass is 310 g/mol. The summed E-state index contributed by atoms with van der Waals surface area (Å²) in [7, 11) is 0. The molecular weight excluding hydrogens is 309 g/mol. The van der Waals surface area contributed by atoms with Crippen LogP contribution in [0.4, 0.5) is 4.39 Å². The predicted octanol–water partition coefficient (Wildman–Crippen LogP) is 4.90. The van der Waals surface area contributed by atoms with Crippen LogP contribution in [0, 0.1) is 5.82 Å². The molecule has 0 amide bonds. The fraction of sp³-hybridized carbons (Fsp3) is 0. The van der Waals surface area contributed by atoms with Crippen molar-refractivity contribution in [2.24, 2.45) is 0 Å². The van der Waals surface area contributed by atoms with Gasteiger partial charge in [-0.3, -0.25) is 0 Å². The molecule has 0 saturated heterocycles. The van der Waals surface area contributed by atoms with Gasteiger partial charge in [-0.05, 0) is 23.7 Å². The van der Waals surface area contributed by atoms with E-state index in [9.17, 15) is 4.39 Å². The van der Waals surface area contributed by atoms with Crippen LogP contribution in [-0.4, -0.2) is 9.97 Å². The van der Waals surface area contributed by atoms with E-state index < -0.39 is 5.82 Å². The Hall–Kier alpha value is -0.610. The highest BCUT2D eigenvalue weighted by molar-refractivity contribution is 6.36. The van der Waals surface area contributed by atoms with Crippen LogP contribution in [0.3, 0.4) is 0 Å². The van der Waals surface area contributed by atoms with Crippen LogP contribution in [0.15, 0.2) is 18.2 Å². The van der Waals surface area contributed by atoms with E-state index in [0.29, 0.717) is 11.3 Å². The molecule has 0 aliphatic carbocycles. The van der Waals surface area contributed by atoms with Gasteiger partial charge in [0.25, 0.3) is 0 Å². The van der Waals surface area contributed by atoms with Crippen LogP contribution in [0.2, 0.25) is 20.5 Å². The Balaban J connectivity index is 2.64. The molecular formula is C10H3Cl4FN2. The first-order valence-electron chi connectivity index (χ1n) is 4.32. The van der Waals surface area contributed by atoms with Crippen molar-refractivity contribution >= 4 is 46.4 Å². The fourth-order valence-corrected chi connectivity index (χ4v) is 2.14. The summed E-state index contributed by atoms with van der Waals surface area (Å²) in [5.74, 6) is -0.600. The minimum Gasteiger partial charge on any atom is -0.218 e. The van der Waals surface area contributed by atoms with Crippen molar-refractivity contribution in [2.45, 2.75) is 0 Å². The van der Waals surface area contributed by atoms with Crippen molar-refractivity contribution in [3.8, 4) is 11.3 Å². The minimum absolute atomic E-state index is 0.0427. The van der Waals surface area contributed by atoms with E-state index in [1.54, 1.807) is 0 Å². The zero-order chi connectivity index (χ0) is 12.6. The van der Waals surface area contributed by atoms with Gasteiger partial charge in [0, 0.05) is 11.6 Å². The second-order valence-corrected chi connectivity index (χ2v) is 4.63. The lowest BCUT2D eigenvalue weighted by Gasteiger charge is -2.05. The lowest BCUT2D eigenvalue weighted by Crippen LogP contribution is -1.90. The van der Waals surface area contributed by atoms with E-state index in [0.717, 1.165) is 0 Å². The van der Waals surface area contributed by atoms with Crippen molar-refractivity contribution in [1.29, 1.82) is 0 Å². The third kappa shape index (κ3) is 2.80. The number of hydrogen-bond acceptors (Lipinski definition) is 2. The second kappa shape index (κ2) is 4.94. The van der Waals surface area contributed by atoms with Gasteiger partial charge in [-0.15, -0.1) is 0 Å². The van der Waals surface area contributed by atoms with Crippen LogP contribution in [-0.2, 0) is 0 Å². The molecule has 0 aliphatic rings. The SMILES string of the molecule is Fc1cc(-c2cc(Cl)nc(Cl)n2)c(Cl)cc1Cl. The summed E-state index contributed by atoms with van der Waals surface area (Å²) in [5.41, 5.74) is 0.676. The lowest BCUT2D eigenvalue weighted by atomic mass is 10.1. The predicted molar refractivity (Wildman–Crippen MR) is 67.5 cm³/mol. The molecule has 0 unspecified atom stereocenters. The maximum absolute atomic E-state index is 13.3. The van der Waals surface area contributed by atoms with Gasteiger partial charge < -0.3 is 0 Å². The van der Waals surface area contributed by atoms with E-state index in [1.165, 1.54) is 18.2 Å². The van der Waals surface area contributed by atoms with Crippen molar-refractivity contribution in [2.75, 3.05) is 0 Å². The Labute approximate surface area is 116 Å². The summed E-state index contributed by atoms with van der Waals surface area (Å²) >= 11 is 22.9. The number of aromatic nitrogens is 2. The molecule has 0 atom stereocenters. The van der Waals surface area contributed by atoms with Crippen LogP contribution in [0.25, 0.3) is 11.3 Å². The van der Waals surface area contributed by atoms with Gasteiger partial charge in [-0.2, -0.15) is 0 Å². The third-order valence-corrected chi connectivity index (χ3v) is 2.92. The highest BCUT2D eigenvalue weighted by Crippen LogP contribution is 2.32. The second-order valence-electron chi connectivity index (χ2n) is 3.09. The molecule has 0 aliphatic heterocycles. The van der Waals surface area contributed by atoms with Crippen molar-refractivity contribution < 1.29 is 4.39 Å². The van der Waals surface area contributed by atoms with E-state index in [1.807, 2.05) is 0 Å². The van der Waals surface area contributed by atoms with Crippen LogP contribution in [0.5, 0.6) is 0 Å². The zero-order valence-electron chi connectivity index (χ0n) is 8.02. The molecule has 17 heavy (non-hydrogen) atoms. The van der Waals surface area contributed by atoms with Crippen molar-refractivity contribution in [1.82, 2.24) is 9.97 Å². The molecule has 1 aromatic heterocycles. The van der Waals surface area contributed by atoms with E-state index in [4.69, 9.17) is 46.4 Å². The largest absolute Gasteiger partial charge is 0.224 e. The molecule has 2 rings (SSSR count). The standard InChI is InChI=1S/C10H3Cl4FN2/c11-5-2-6(12)7(15)1-4(5)8-3-9(13)17-10(14)16-8/h1-3H. The fourth-order valence-electron chi connectivity index (χ4n) is 1.25. The molecule has 88 valence electrons. The van der Waals surface area contributed by atoms with Crippen molar-refractivity contribution in [3.63, 3.8) is 0 Å². The molecule has 2 nitrogen and oxygen atoms in total. The molecule has 0 spiro atoms. The minimum atomic E-state index is -0.600. The average Bonchev–Trinajstić information content (AvgIpc) is 2.22. The number of halogens is 5. The highest BCUT2D eigenvalue weighted by Gasteiger charge is 2.12. The Bertz CT molecular complexity index is 569. The number of rotatable bonds is 1. The van der Waals surface area contributed by atoms with Gasteiger partial charge in [0.05, 0.1) is 15.7 Å². The summed E-state index contributed by atoms with van der Waals surface area (Å²) in [4.78, 5) is 7.60. The number of nitrogens with zero attached hydrogens (tertiary/aromatic N) is 2. The molecule has 1 heterocycles. The summed E-state index contributed by atoms with van der Waals surface area (Å²) in [5, 5.41) is 0.289. The summed E-state index contributed by atoms with van der Waals surface area (Å²) < 4.78 is 13.3. The molecule has 0 N–H and O–H groups in total. The summed E-state index contributed by atoms with van der Waals surface area (Å²) in [6.45, 7) is 0. The van der Waals surface area contributed by atoms with Gasteiger partial charge in [-0.1, -0.05) is 34.8 Å². The topological polar surface area (TPSA) is 25.8 Å². The van der Waals surface area contributed by atoms with Crippen LogP contribution >= 0.6 is 46.4 Å². The average molecular weight is 312 g/mol. The van der Waals surface area contributed by atoms with Gasteiger partial charge in [0.1, 0.15) is 11.0 Å². The van der Waals surface area contributed by atoms with E-state index in [-0.39, 0.29) is 20.5 Å². The smallest absolute Gasteiger partial charge is 0.218 e. The maximum atomic E-state index is 13.3. The van der Waals surface area contributed by atoms with Crippen molar-refractivity contribution in [3.05, 3.63) is 44.5 Å². The first-order valence-corrected chi connectivity index (χ1v) is 5.83. The normalized spacial score (nSPS) is 10.6. The van der Waals surface area contributed by atoms with E-state index >= 15 is 0 Å². The highest BCUT2D eigenvalue weighted by atomic mass is 35.5. The first-order chi connectivity index (χ1) is 7.97. The molecule has 0 bridgehead atoms. The van der Waals surface area contributed by atoms with Gasteiger partial charge >= 0.3 is 0 Å². The van der Waals surface area contributed by atoms with Crippen LogP contribution < -0.4 is 0 Å². The molecule has 7 heteroatoms. The van der Waals surface area contributed by atoms with Gasteiger partial charge in [-0.25, -0.2) is 14.4 Å².